The molecular formula is C21H21BrO4S. The second-order valence-electron chi connectivity index (χ2n) is 7.08. The van der Waals surface area contributed by atoms with Crippen LogP contribution in [0.5, 0.6) is 11.5 Å². The van der Waals surface area contributed by atoms with Crippen LogP contribution in [0.25, 0.3) is 0 Å². The predicted octanol–water partition coefficient (Wildman–Crippen LogP) is 4.41. The topological polar surface area (TPSA) is 52.6 Å². The van der Waals surface area contributed by atoms with Gasteiger partial charge in [0.05, 0.1) is 13.0 Å². The molecule has 0 radical (unpaired) electrons. The van der Waals surface area contributed by atoms with Crippen LogP contribution < -0.4 is 4.74 Å². The quantitative estimate of drug-likeness (QED) is 0.554. The Balaban J connectivity index is 1.70. The Morgan fingerprint density at radius 1 is 1.26 bits per heavy atom. The number of hydrogen-bond acceptors (Lipinski definition) is 4. The average Bonchev–Trinajstić information content (AvgIpc) is 2.59. The van der Waals surface area contributed by atoms with Crippen molar-refractivity contribution < 1.29 is 18.5 Å². The molecule has 0 amide bonds. The van der Waals surface area contributed by atoms with Crippen LogP contribution in [0.15, 0.2) is 28.7 Å². The fourth-order valence-corrected chi connectivity index (χ4v) is 5.70. The van der Waals surface area contributed by atoms with Gasteiger partial charge < -0.3 is 9.47 Å². The predicted molar refractivity (Wildman–Crippen MR) is 109 cm³/mol. The first kappa shape index (κ1) is 18.7. The van der Waals surface area contributed by atoms with E-state index < -0.39 is 10.8 Å². The number of aryl methyl sites for hydroxylation is 1. The van der Waals surface area contributed by atoms with Gasteiger partial charge in [-0.15, -0.1) is 0 Å². The number of ether oxygens (including phenoxy) is 2. The monoisotopic (exact) mass is 448 g/mol. The molecule has 0 bridgehead atoms. The highest BCUT2D eigenvalue weighted by atomic mass is 79.9. The number of carbonyl (C=O) groups is 1. The zero-order valence-corrected chi connectivity index (χ0v) is 17.7. The van der Waals surface area contributed by atoms with Gasteiger partial charge in [0.25, 0.3) is 0 Å². The number of halogens is 1. The maximum absolute atomic E-state index is 12.0. The van der Waals surface area contributed by atoms with E-state index in [2.05, 4.69) is 22.0 Å². The summed E-state index contributed by atoms with van der Waals surface area (Å²) in [6.45, 7) is 4.20. The van der Waals surface area contributed by atoms with Crippen LogP contribution >= 0.6 is 15.9 Å². The van der Waals surface area contributed by atoms with Crippen LogP contribution in [-0.4, -0.2) is 28.3 Å². The molecule has 0 unspecified atom stereocenters. The van der Waals surface area contributed by atoms with E-state index in [1.54, 1.807) is 0 Å². The van der Waals surface area contributed by atoms with E-state index in [0.717, 1.165) is 49.7 Å². The molecule has 0 saturated carbocycles. The summed E-state index contributed by atoms with van der Waals surface area (Å²) < 4.78 is 23.9. The molecule has 2 aliphatic rings. The second kappa shape index (κ2) is 7.40. The summed E-state index contributed by atoms with van der Waals surface area (Å²) in [5, 5.41) is 0. The summed E-state index contributed by atoms with van der Waals surface area (Å²) in [6.07, 6.45) is 0.944. The smallest absolute Gasteiger partial charge is 0.310 e. The summed E-state index contributed by atoms with van der Waals surface area (Å²) >= 11 is 3.76. The van der Waals surface area contributed by atoms with Crippen LogP contribution in [0.2, 0.25) is 0 Å². The fourth-order valence-electron chi connectivity index (χ4n) is 3.74. The highest BCUT2D eigenvalue weighted by Crippen LogP contribution is 2.45. The fraction of sp³-hybridized carbons (Fsp3) is 0.381. The molecule has 0 aromatic heterocycles. The molecule has 0 N–H and O–H groups in total. The molecule has 4 rings (SSSR count). The van der Waals surface area contributed by atoms with Crippen LogP contribution in [0, 0.1) is 6.92 Å². The first-order valence-electron chi connectivity index (χ1n) is 9.08. The third-order valence-electron chi connectivity index (χ3n) is 5.10. The standard InChI is InChI=1S/C21H21BrO4S/c1-3-25-20(23)8-13-6-12(2)7-19-16(13)9-17-18(26-19)5-4-15(21(17)22)14-10-27(24)11-14/h4-7,14H,3,8-11H2,1-2H3. The molecule has 0 aliphatic carbocycles. The third-order valence-corrected chi connectivity index (χ3v) is 7.59. The maximum atomic E-state index is 12.0. The van der Waals surface area contributed by atoms with Gasteiger partial charge in [-0.3, -0.25) is 9.00 Å². The number of hydrogen-bond donors (Lipinski definition) is 0. The van der Waals surface area contributed by atoms with Crippen LogP contribution in [0.1, 0.15) is 40.7 Å². The summed E-state index contributed by atoms with van der Waals surface area (Å²) in [4.78, 5) is 12.0. The van der Waals surface area contributed by atoms with E-state index in [0.29, 0.717) is 18.9 Å². The minimum Gasteiger partial charge on any atom is -0.466 e. The molecule has 1 saturated heterocycles. The lowest BCUT2D eigenvalue weighted by molar-refractivity contribution is -0.142. The van der Waals surface area contributed by atoms with Crippen molar-refractivity contribution in [2.45, 2.75) is 32.6 Å². The van der Waals surface area contributed by atoms with E-state index in [1.807, 2.05) is 32.0 Å². The normalized spacial score (nSPS) is 20.1. The Morgan fingerprint density at radius 2 is 2.04 bits per heavy atom. The first-order chi connectivity index (χ1) is 13.0. The zero-order valence-electron chi connectivity index (χ0n) is 15.3. The largest absolute Gasteiger partial charge is 0.466 e. The van der Waals surface area contributed by atoms with Gasteiger partial charge in [0.2, 0.25) is 0 Å². The van der Waals surface area contributed by atoms with Crippen molar-refractivity contribution in [1.29, 1.82) is 0 Å². The molecule has 1 fully saturated rings. The Bertz CT molecular complexity index is 946. The second-order valence-corrected chi connectivity index (χ2v) is 9.42. The number of benzene rings is 2. The number of rotatable bonds is 4. The maximum Gasteiger partial charge on any atom is 0.310 e. The SMILES string of the molecule is CCOC(=O)Cc1cc(C)cc2c1Cc1c(ccc(C3CS(=O)C3)c1Br)O2. The summed E-state index contributed by atoms with van der Waals surface area (Å²) in [5.74, 6) is 3.21. The molecule has 0 atom stereocenters. The lowest BCUT2D eigenvalue weighted by Crippen LogP contribution is -2.29. The molecule has 0 spiro atoms. The Hall–Kier alpha value is -1.66. The Morgan fingerprint density at radius 3 is 2.74 bits per heavy atom. The van der Waals surface area contributed by atoms with Gasteiger partial charge in [-0.25, -0.2) is 0 Å². The van der Waals surface area contributed by atoms with Crippen LogP contribution in [-0.2, 0) is 33.2 Å². The van der Waals surface area contributed by atoms with Crippen LogP contribution in [0.4, 0.5) is 0 Å². The van der Waals surface area contributed by atoms with Crippen molar-refractivity contribution >= 4 is 32.7 Å². The molecule has 27 heavy (non-hydrogen) atoms. The van der Waals surface area contributed by atoms with E-state index in [-0.39, 0.29) is 12.4 Å². The molecule has 4 nitrogen and oxygen atoms in total. The lowest BCUT2D eigenvalue weighted by Gasteiger charge is -2.30. The Kier molecular flexibility index (Phi) is 5.12. The van der Waals surface area contributed by atoms with Crippen molar-refractivity contribution in [1.82, 2.24) is 0 Å². The van der Waals surface area contributed by atoms with Crippen molar-refractivity contribution in [2.75, 3.05) is 18.1 Å². The zero-order chi connectivity index (χ0) is 19.1. The number of fused-ring (bicyclic) bond motifs is 2. The van der Waals surface area contributed by atoms with E-state index in [4.69, 9.17) is 9.47 Å². The molecule has 142 valence electrons. The molecular weight excluding hydrogens is 428 g/mol. The van der Waals surface area contributed by atoms with E-state index in [9.17, 15) is 9.00 Å². The van der Waals surface area contributed by atoms with Gasteiger partial charge in [0.15, 0.2) is 0 Å². The summed E-state index contributed by atoms with van der Waals surface area (Å²) in [6, 6.07) is 8.14. The highest BCUT2D eigenvalue weighted by molar-refractivity contribution is 9.10. The van der Waals surface area contributed by atoms with Crippen LogP contribution in [0.3, 0.4) is 0 Å². The summed E-state index contributed by atoms with van der Waals surface area (Å²) in [5.41, 5.74) is 5.34. The van der Waals surface area contributed by atoms with Gasteiger partial charge in [-0.2, -0.15) is 0 Å². The van der Waals surface area contributed by atoms with Gasteiger partial charge in [0.1, 0.15) is 11.5 Å². The highest BCUT2D eigenvalue weighted by Gasteiger charge is 2.31. The van der Waals surface area contributed by atoms with Crippen molar-refractivity contribution in [2.24, 2.45) is 0 Å². The van der Waals surface area contributed by atoms with Crippen molar-refractivity contribution in [3.05, 3.63) is 56.6 Å². The molecule has 6 heteroatoms. The third kappa shape index (κ3) is 3.57. The van der Waals surface area contributed by atoms with Gasteiger partial charge in [-0.05, 0) is 42.7 Å². The lowest BCUT2D eigenvalue weighted by atomic mass is 9.90. The first-order valence-corrected chi connectivity index (χ1v) is 11.4. The van der Waals surface area contributed by atoms with Gasteiger partial charge >= 0.3 is 5.97 Å². The van der Waals surface area contributed by atoms with Gasteiger partial charge in [-0.1, -0.05) is 28.1 Å². The number of esters is 1. The average molecular weight is 449 g/mol. The van der Waals surface area contributed by atoms with Crippen molar-refractivity contribution in [3.63, 3.8) is 0 Å². The Labute approximate surface area is 169 Å². The van der Waals surface area contributed by atoms with Gasteiger partial charge in [0, 0.05) is 50.2 Å². The molecule has 2 aromatic rings. The van der Waals surface area contributed by atoms with Crippen molar-refractivity contribution in [3.8, 4) is 11.5 Å². The molecule has 2 aromatic carbocycles. The van der Waals surface area contributed by atoms with E-state index >= 15 is 0 Å². The summed E-state index contributed by atoms with van der Waals surface area (Å²) in [7, 11) is -0.687. The minimum absolute atomic E-state index is 0.221. The molecule has 2 aliphatic heterocycles. The van der Waals surface area contributed by atoms with E-state index in [1.165, 1.54) is 5.56 Å². The minimum atomic E-state index is -0.687. The number of carbonyl (C=O) groups excluding carboxylic acids is 1. The molecule has 2 heterocycles.